The van der Waals surface area contributed by atoms with Gasteiger partial charge in [0.05, 0.1) is 22.3 Å². The Labute approximate surface area is 146 Å². The Morgan fingerprint density at radius 3 is 2.80 bits per heavy atom. The number of fused-ring (bicyclic) bond motifs is 2. The lowest BCUT2D eigenvalue weighted by Gasteiger charge is -2.07. The van der Waals surface area contributed by atoms with Gasteiger partial charge in [-0.05, 0) is 36.8 Å². The molecule has 0 amide bonds. The minimum Gasteiger partial charge on any atom is -0.454 e. The smallest absolute Gasteiger partial charge is 0.388 e. The van der Waals surface area contributed by atoms with Crippen LogP contribution in [0.2, 0.25) is 5.02 Å². The molecule has 0 bridgehead atoms. The van der Waals surface area contributed by atoms with E-state index in [2.05, 4.69) is 14.7 Å². The normalized spacial score (nSPS) is 11.6. The highest BCUT2D eigenvalue weighted by Crippen LogP contribution is 2.35. The maximum atomic E-state index is 12.4. The number of hydrogen-bond acceptors (Lipinski definition) is 4. The van der Waals surface area contributed by atoms with Crippen molar-refractivity contribution >= 4 is 33.6 Å². The van der Waals surface area contributed by atoms with E-state index in [1.807, 2.05) is 31.2 Å². The van der Waals surface area contributed by atoms with Crippen molar-refractivity contribution in [3.63, 3.8) is 0 Å². The molecule has 0 aliphatic heterocycles. The van der Waals surface area contributed by atoms with Crippen LogP contribution in [-0.4, -0.2) is 16.6 Å². The lowest BCUT2D eigenvalue weighted by atomic mass is 10.1. The minimum absolute atomic E-state index is 0.230. The van der Waals surface area contributed by atoms with E-state index in [-0.39, 0.29) is 5.88 Å². The summed E-state index contributed by atoms with van der Waals surface area (Å²) >= 11 is 6.17. The Kier molecular flexibility index (Phi) is 3.77. The number of furan rings is 1. The van der Waals surface area contributed by atoms with Crippen LogP contribution in [0, 0.1) is 6.92 Å². The van der Waals surface area contributed by atoms with Crippen molar-refractivity contribution in [1.82, 2.24) is 9.97 Å². The van der Waals surface area contributed by atoms with Crippen LogP contribution in [0.4, 0.5) is 8.78 Å². The summed E-state index contributed by atoms with van der Waals surface area (Å²) in [5.41, 5.74) is 3.15. The summed E-state index contributed by atoms with van der Waals surface area (Å²) < 4.78 is 35.0. The molecule has 7 heteroatoms. The van der Waals surface area contributed by atoms with E-state index in [9.17, 15) is 8.78 Å². The van der Waals surface area contributed by atoms with Gasteiger partial charge in [0.25, 0.3) is 0 Å². The van der Waals surface area contributed by atoms with Crippen molar-refractivity contribution < 1.29 is 17.9 Å². The summed E-state index contributed by atoms with van der Waals surface area (Å²) in [6.07, 6.45) is 1.17. The number of ether oxygens (including phenoxy) is 1. The molecule has 2 heterocycles. The Bertz CT molecular complexity index is 1100. The van der Waals surface area contributed by atoms with Gasteiger partial charge in [0.2, 0.25) is 5.88 Å². The van der Waals surface area contributed by atoms with Gasteiger partial charge in [0, 0.05) is 10.9 Å². The van der Waals surface area contributed by atoms with Gasteiger partial charge in [0.15, 0.2) is 5.58 Å². The largest absolute Gasteiger partial charge is 0.454 e. The van der Waals surface area contributed by atoms with Crippen LogP contribution >= 0.6 is 11.6 Å². The number of alkyl halides is 2. The molecule has 0 aliphatic rings. The van der Waals surface area contributed by atoms with Gasteiger partial charge in [-0.2, -0.15) is 8.78 Å². The molecule has 4 aromatic rings. The van der Waals surface area contributed by atoms with Crippen molar-refractivity contribution in [2.45, 2.75) is 13.5 Å². The molecule has 4 rings (SSSR count). The first-order valence-electron chi connectivity index (χ1n) is 7.42. The van der Waals surface area contributed by atoms with Crippen LogP contribution in [0.5, 0.6) is 5.88 Å². The zero-order chi connectivity index (χ0) is 17.6. The van der Waals surface area contributed by atoms with Crippen molar-refractivity contribution in [3.8, 4) is 17.2 Å². The first-order chi connectivity index (χ1) is 12.0. The fourth-order valence-corrected chi connectivity index (χ4v) is 2.96. The Balaban J connectivity index is 1.92. The fourth-order valence-electron chi connectivity index (χ4n) is 2.74. The van der Waals surface area contributed by atoms with E-state index in [0.717, 1.165) is 10.9 Å². The highest BCUT2D eigenvalue weighted by atomic mass is 35.5. The highest BCUT2D eigenvalue weighted by molar-refractivity contribution is 6.34. The van der Waals surface area contributed by atoms with Gasteiger partial charge in [-0.25, -0.2) is 9.97 Å². The van der Waals surface area contributed by atoms with Crippen molar-refractivity contribution in [3.05, 3.63) is 53.2 Å². The Morgan fingerprint density at radius 2 is 2.04 bits per heavy atom. The van der Waals surface area contributed by atoms with Crippen molar-refractivity contribution in [2.24, 2.45) is 0 Å². The summed E-state index contributed by atoms with van der Waals surface area (Å²) in [4.78, 5) is 8.33. The van der Waals surface area contributed by atoms with Crippen molar-refractivity contribution in [2.75, 3.05) is 0 Å². The van der Waals surface area contributed by atoms with Gasteiger partial charge in [0.1, 0.15) is 5.76 Å². The number of benzene rings is 2. The van der Waals surface area contributed by atoms with Crippen LogP contribution in [-0.2, 0) is 0 Å². The van der Waals surface area contributed by atoms with Crippen molar-refractivity contribution in [1.29, 1.82) is 0 Å². The van der Waals surface area contributed by atoms with E-state index in [1.54, 1.807) is 12.1 Å². The number of aryl methyl sites for hydroxylation is 1. The predicted molar refractivity (Wildman–Crippen MR) is 91.1 cm³/mol. The summed E-state index contributed by atoms with van der Waals surface area (Å²) in [5, 5.41) is 1.38. The zero-order valence-corrected chi connectivity index (χ0v) is 13.7. The lowest BCUT2D eigenvalue weighted by molar-refractivity contribution is -0.0528. The molecule has 0 atom stereocenters. The molecule has 0 N–H and O–H groups in total. The van der Waals surface area contributed by atoms with E-state index >= 15 is 0 Å². The monoisotopic (exact) mass is 360 g/mol. The molecule has 0 spiro atoms. The predicted octanol–water partition coefficient (Wildman–Crippen LogP) is 5.61. The maximum Gasteiger partial charge on any atom is 0.388 e. The average molecular weight is 361 g/mol. The summed E-state index contributed by atoms with van der Waals surface area (Å²) in [6, 6.07) is 11.0. The zero-order valence-electron chi connectivity index (χ0n) is 13.0. The molecule has 0 saturated heterocycles. The van der Waals surface area contributed by atoms with Gasteiger partial charge in [-0.3, -0.25) is 0 Å². The minimum atomic E-state index is -2.95. The van der Waals surface area contributed by atoms with Crippen LogP contribution in [0.3, 0.4) is 0 Å². The topological polar surface area (TPSA) is 48.2 Å². The van der Waals surface area contributed by atoms with E-state index in [1.165, 1.54) is 6.20 Å². The number of nitrogens with zero attached hydrogens (tertiary/aromatic N) is 2. The van der Waals surface area contributed by atoms with E-state index in [4.69, 9.17) is 16.0 Å². The standard InChI is InChI=1S/C18H11ClF2N2O2/c1-9-5-11(14-7-10-3-2-4-12(19)17(10)24-14)16-13(6-9)23-15(8-22-16)25-18(20)21/h2-8,18H,1H3. The number of hydrogen-bond donors (Lipinski definition) is 0. The molecule has 0 fully saturated rings. The summed E-state index contributed by atoms with van der Waals surface area (Å²) in [6.45, 7) is -1.07. The highest BCUT2D eigenvalue weighted by Gasteiger charge is 2.15. The van der Waals surface area contributed by atoms with Gasteiger partial charge >= 0.3 is 6.61 Å². The first-order valence-corrected chi connectivity index (χ1v) is 7.80. The van der Waals surface area contributed by atoms with Crippen LogP contribution in [0.25, 0.3) is 33.3 Å². The number of rotatable bonds is 3. The number of para-hydroxylation sites is 1. The van der Waals surface area contributed by atoms with Gasteiger partial charge in [-0.15, -0.1) is 0 Å². The molecule has 126 valence electrons. The Hall–Kier alpha value is -2.73. The number of halogens is 3. The van der Waals surface area contributed by atoms with Crippen LogP contribution in [0.15, 0.2) is 47.0 Å². The number of aromatic nitrogens is 2. The SMILES string of the molecule is Cc1cc(-c2cc3cccc(Cl)c3o2)c2ncc(OC(F)F)nc2c1. The fraction of sp³-hybridized carbons (Fsp3) is 0.111. The molecule has 2 aromatic heterocycles. The molecule has 0 saturated carbocycles. The van der Waals surface area contributed by atoms with E-state index < -0.39 is 6.61 Å². The second-order valence-electron chi connectivity index (χ2n) is 5.54. The van der Waals surface area contributed by atoms with Gasteiger partial charge in [-0.1, -0.05) is 23.7 Å². The molecule has 2 aromatic carbocycles. The molecule has 0 unspecified atom stereocenters. The van der Waals surface area contributed by atoms with E-state index in [0.29, 0.717) is 33.0 Å². The quantitative estimate of drug-likeness (QED) is 0.476. The van der Waals surface area contributed by atoms with Gasteiger partial charge < -0.3 is 9.15 Å². The molecule has 4 nitrogen and oxygen atoms in total. The third-order valence-corrected chi connectivity index (χ3v) is 4.04. The second-order valence-corrected chi connectivity index (χ2v) is 5.94. The lowest BCUT2D eigenvalue weighted by Crippen LogP contribution is -2.04. The first kappa shape index (κ1) is 15.8. The maximum absolute atomic E-state index is 12.4. The third-order valence-electron chi connectivity index (χ3n) is 3.74. The summed E-state index contributed by atoms with van der Waals surface area (Å²) in [7, 11) is 0. The van der Waals surface area contributed by atoms with Crippen LogP contribution in [0.1, 0.15) is 5.56 Å². The molecular weight excluding hydrogens is 350 g/mol. The second kappa shape index (κ2) is 5.97. The molecular formula is C18H11ClF2N2O2. The molecule has 25 heavy (non-hydrogen) atoms. The average Bonchev–Trinajstić information content (AvgIpc) is 2.98. The van der Waals surface area contributed by atoms with Crippen LogP contribution < -0.4 is 4.74 Å². The molecule has 0 radical (unpaired) electrons. The third kappa shape index (κ3) is 2.89. The molecule has 0 aliphatic carbocycles. The summed E-state index contributed by atoms with van der Waals surface area (Å²) in [5.74, 6) is 0.348. The Morgan fingerprint density at radius 1 is 1.20 bits per heavy atom.